The number of carbonyl (C=O) groups is 2. The molecule has 21 heavy (non-hydrogen) atoms. The van der Waals surface area contributed by atoms with Crippen LogP contribution in [-0.4, -0.2) is 27.0 Å². The summed E-state index contributed by atoms with van der Waals surface area (Å²) in [6, 6.07) is 6.81. The van der Waals surface area contributed by atoms with Gasteiger partial charge in [0.2, 0.25) is 5.91 Å². The highest BCUT2D eigenvalue weighted by Crippen LogP contribution is 2.08. The molecule has 0 spiro atoms. The van der Waals surface area contributed by atoms with Gasteiger partial charge in [-0.25, -0.2) is 4.98 Å². The average molecular weight is 287 g/mol. The van der Waals surface area contributed by atoms with Crippen molar-refractivity contribution in [2.24, 2.45) is 0 Å². The van der Waals surface area contributed by atoms with E-state index in [0.29, 0.717) is 17.9 Å². The average Bonchev–Trinajstić information content (AvgIpc) is 3.00. The van der Waals surface area contributed by atoms with E-state index in [-0.39, 0.29) is 17.9 Å². The molecule has 0 fully saturated rings. The first-order chi connectivity index (χ1) is 10.1. The second-order valence-corrected chi connectivity index (χ2v) is 4.67. The van der Waals surface area contributed by atoms with Gasteiger partial charge < -0.3 is 10.6 Å². The Morgan fingerprint density at radius 1 is 1.29 bits per heavy atom. The lowest BCUT2D eigenvalue weighted by Crippen LogP contribution is -2.27. The molecule has 110 valence electrons. The normalized spacial score (nSPS) is 11.7. The molecule has 0 aliphatic carbocycles. The molecule has 1 atom stereocenters. The zero-order valence-electron chi connectivity index (χ0n) is 11.9. The molecule has 2 rings (SSSR count). The SMILES string of the molecule is CC(=O)NCc1ccc(C(=O)NC(C)c2ncn[nH]2)cc1. The van der Waals surface area contributed by atoms with Crippen molar-refractivity contribution in [2.45, 2.75) is 26.4 Å². The van der Waals surface area contributed by atoms with Crippen molar-refractivity contribution in [3.05, 3.63) is 47.5 Å². The van der Waals surface area contributed by atoms with Gasteiger partial charge in [-0.15, -0.1) is 0 Å². The van der Waals surface area contributed by atoms with Crippen LogP contribution in [0.5, 0.6) is 0 Å². The van der Waals surface area contributed by atoms with E-state index in [1.54, 1.807) is 12.1 Å². The molecule has 7 heteroatoms. The Kier molecular flexibility index (Phi) is 4.65. The number of aromatic amines is 1. The zero-order chi connectivity index (χ0) is 15.2. The molecule has 1 aromatic carbocycles. The van der Waals surface area contributed by atoms with Gasteiger partial charge in [0, 0.05) is 19.0 Å². The van der Waals surface area contributed by atoms with Gasteiger partial charge in [0.1, 0.15) is 12.2 Å². The molecular formula is C14H17N5O2. The lowest BCUT2D eigenvalue weighted by atomic mass is 10.1. The van der Waals surface area contributed by atoms with Crippen molar-refractivity contribution in [3.63, 3.8) is 0 Å². The van der Waals surface area contributed by atoms with Gasteiger partial charge in [-0.05, 0) is 24.6 Å². The summed E-state index contributed by atoms with van der Waals surface area (Å²) in [5.74, 6) is 0.327. The summed E-state index contributed by atoms with van der Waals surface area (Å²) in [5.41, 5.74) is 1.48. The molecule has 2 amide bonds. The molecular weight excluding hydrogens is 270 g/mol. The highest BCUT2D eigenvalue weighted by Gasteiger charge is 2.13. The molecule has 0 saturated carbocycles. The van der Waals surface area contributed by atoms with E-state index in [9.17, 15) is 9.59 Å². The van der Waals surface area contributed by atoms with Gasteiger partial charge in [0.15, 0.2) is 0 Å². The van der Waals surface area contributed by atoms with E-state index in [2.05, 4.69) is 25.8 Å². The molecule has 0 bridgehead atoms. The van der Waals surface area contributed by atoms with E-state index in [1.165, 1.54) is 13.3 Å². The van der Waals surface area contributed by atoms with Crippen LogP contribution in [0.4, 0.5) is 0 Å². The fraction of sp³-hybridized carbons (Fsp3) is 0.286. The highest BCUT2D eigenvalue weighted by atomic mass is 16.2. The maximum absolute atomic E-state index is 12.1. The van der Waals surface area contributed by atoms with Crippen LogP contribution in [0, 0.1) is 0 Å². The van der Waals surface area contributed by atoms with Crippen LogP contribution < -0.4 is 10.6 Å². The van der Waals surface area contributed by atoms with Crippen molar-refractivity contribution in [1.29, 1.82) is 0 Å². The second kappa shape index (κ2) is 6.65. The standard InChI is InChI=1S/C14H17N5O2/c1-9(13-16-8-17-19-13)18-14(21)12-5-3-11(4-6-12)7-15-10(2)20/h3-6,8-9H,7H2,1-2H3,(H,15,20)(H,18,21)(H,16,17,19). The van der Waals surface area contributed by atoms with Crippen LogP contribution in [0.25, 0.3) is 0 Å². The Morgan fingerprint density at radius 3 is 2.57 bits per heavy atom. The van der Waals surface area contributed by atoms with Crippen LogP contribution in [-0.2, 0) is 11.3 Å². The predicted octanol–water partition coefficient (Wildman–Crippen LogP) is 0.932. The number of nitrogens with one attached hydrogen (secondary N) is 3. The number of aromatic nitrogens is 3. The number of rotatable bonds is 5. The number of H-pyrrole nitrogens is 1. The van der Waals surface area contributed by atoms with Crippen LogP contribution >= 0.6 is 0 Å². The molecule has 1 unspecified atom stereocenters. The fourth-order valence-corrected chi connectivity index (χ4v) is 1.77. The quantitative estimate of drug-likeness (QED) is 0.761. The van der Waals surface area contributed by atoms with E-state index in [0.717, 1.165) is 5.56 Å². The van der Waals surface area contributed by atoms with E-state index in [1.807, 2.05) is 19.1 Å². The monoisotopic (exact) mass is 287 g/mol. The first-order valence-electron chi connectivity index (χ1n) is 6.56. The van der Waals surface area contributed by atoms with Gasteiger partial charge in [-0.2, -0.15) is 5.10 Å². The number of hydrogen-bond acceptors (Lipinski definition) is 4. The van der Waals surface area contributed by atoms with Gasteiger partial charge in [0.05, 0.1) is 6.04 Å². The summed E-state index contributed by atoms with van der Waals surface area (Å²) < 4.78 is 0. The van der Waals surface area contributed by atoms with Crippen LogP contribution in [0.2, 0.25) is 0 Å². The molecule has 1 aromatic heterocycles. The molecule has 0 aliphatic rings. The summed E-state index contributed by atoms with van der Waals surface area (Å²) in [5, 5.41) is 12.0. The third-order valence-electron chi connectivity index (χ3n) is 2.95. The van der Waals surface area contributed by atoms with Crippen molar-refractivity contribution in [1.82, 2.24) is 25.8 Å². The van der Waals surface area contributed by atoms with E-state index in [4.69, 9.17) is 0 Å². The lowest BCUT2D eigenvalue weighted by molar-refractivity contribution is -0.119. The van der Waals surface area contributed by atoms with Crippen LogP contribution in [0.1, 0.15) is 41.6 Å². The van der Waals surface area contributed by atoms with E-state index < -0.39 is 0 Å². The fourth-order valence-electron chi connectivity index (χ4n) is 1.77. The molecule has 0 saturated heterocycles. The number of benzene rings is 1. The van der Waals surface area contributed by atoms with Crippen molar-refractivity contribution < 1.29 is 9.59 Å². The maximum Gasteiger partial charge on any atom is 0.251 e. The number of amides is 2. The molecule has 1 heterocycles. The van der Waals surface area contributed by atoms with Crippen molar-refractivity contribution in [3.8, 4) is 0 Å². The molecule has 7 nitrogen and oxygen atoms in total. The Hall–Kier alpha value is -2.70. The van der Waals surface area contributed by atoms with Gasteiger partial charge >= 0.3 is 0 Å². The highest BCUT2D eigenvalue weighted by molar-refractivity contribution is 5.94. The van der Waals surface area contributed by atoms with Crippen molar-refractivity contribution in [2.75, 3.05) is 0 Å². The number of hydrogen-bond donors (Lipinski definition) is 3. The van der Waals surface area contributed by atoms with Crippen LogP contribution in [0.15, 0.2) is 30.6 Å². The third kappa shape index (κ3) is 4.13. The van der Waals surface area contributed by atoms with Gasteiger partial charge in [0.25, 0.3) is 5.91 Å². The van der Waals surface area contributed by atoms with Crippen LogP contribution in [0.3, 0.4) is 0 Å². The first kappa shape index (κ1) is 14.7. The lowest BCUT2D eigenvalue weighted by Gasteiger charge is -2.11. The third-order valence-corrected chi connectivity index (χ3v) is 2.95. The minimum Gasteiger partial charge on any atom is -0.352 e. The summed E-state index contributed by atoms with van der Waals surface area (Å²) >= 11 is 0. The Balaban J connectivity index is 1.95. The van der Waals surface area contributed by atoms with Gasteiger partial charge in [-0.1, -0.05) is 12.1 Å². The number of carbonyl (C=O) groups excluding carboxylic acids is 2. The summed E-state index contributed by atoms with van der Waals surface area (Å²) in [7, 11) is 0. The Bertz CT molecular complexity index is 607. The topological polar surface area (TPSA) is 99.8 Å². The summed E-state index contributed by atoms with van der Waals surface area (Å²) in [6.07, 6.45) is 1.40. The molecule has 0 radical (unpaired) electrons. The molecule has 3 N–H and O–H groups in total. The summed E-state index contributed by atoms with van der Waals surface area (Å²) in [4.78, 5) is 26.9. The number of nitrogens with zero attached hydrogens (tertiary/aromatic N) is 2. The largest absolute Gasteiger partial charge is 0.352 e. The predicted molar refractivity (Wildman–Crippen MR) is 76.2 cm³/mol. The minimum absolute atomic E-state index is 0.0855. The van der Waals surface area contributed by atoms with Crippen molar-refractivity contribution >= 4 is 11.8 Å². The Labute approximate surface area is 122 Å². The Morgan fingerprint density at radius 2 is 2.00 bits per heavy atom. The first-order valence-corrected chi connectivity index (χ1v) is 6.56. The maximum atomic E-state index is 12.1. The van der Waals surface area contributed by atoms with Gasteiger partial charge in [-0.3, -0.25) is 14.7 Å². The minimum atomic E-state index is -0.251. The molecule has 0 aliphatic heterocycles. The smallest absolute Gasteiger partial charge is 0.251 e. The zero-order valence-corrected chi connectivity index (χ0v) is 11.9. The summed E-state index contributed by atoms with van der Waals surface area (Å²) in [6.45, 7) is 3.74. The second-order valence-electron chi connectivity index (χ2n) is 4.67. The van der Waals surface area contributed by atoms with E-state index >= 15 is 0 Å². The molecule has 2 aromatic rings.